The molecule has 1 amide bonds. The molecule has 0 aliphatic heterocycles. The normalized spacial score (nSPS) is 10.8. The Morgan fingerprint density at radius 2 is 1.91 bits per heavy atom. The quantitative estimate of drug-likeness (QED) is 0.408. The minimum absolute atomic E-state index is 0.0482. The lowest BCUT2D eigenvalue weighted by Gasteiger charge is -2.11. The van der Waals surface area contributed by atoms with Gasteiger partial charge in [0.1, 0.15) is 17.2 Å². The Morgan fingerprint density at radius 1 is 1.09 bits per heavy atom. The third kappa shape index (κ3) is 5.01. The van der Waals surface area contributed by atoms with Crippen molar-refractivity contribution in [2.24, 2.45) is 0 Å². The summed E-state index contributed by atoms with van der Waals surface area (Å²) in [5.41, 5.74) is 3.65. The van der Waals surface area contributed by atoms with Crippen LogP contribution in [0.4, 0.5) is 5.69 Å². The van der Waals surface area contributed by atoms with Gasteiger partial charge in [0.15, 0.2) is 6.73 Å². The highest BCUT2D eigenvalue weighted by Gasteiger charge is 2.18. The zero-order valence-corrected chi connectivity index (χ0v) is 19.3. The highest BCUT2D eigenvalue weighted by Crippen LogP contribution is 2.24. The van der Waals surface area contributed by atoms with Crippen molar-refractivity contribution in [1.29, 1.82) is 0 Å². The molecular formula is C24H24ClN5O3. The summed E-state index contributed by atoms with van der Waals surface area (Å²) in [5, 5.41) is 12.3. The molecule has 0 unspecified atom stereocenters. The number of ether oxygens (including phenoxy) is 2. The highest BCUT2D eigenvalue weighted by atomic mass is 35.5. The Morgan fingerprint density at radius 3 is 2.70 bits per heavy atom. The van der Waals surface area contributed by atoms with Crippen LogP contribution in [0.15, 0.2) is 60.8 Å². The summed E-state index contributed by atoms with van der Waals surface area (Å²) >= 11 is 6.14. The smallest absolute Gasteiger partial charge is 0.274 e. The molecule has 0 radical (unpaired) electrons. The number of rotatable bonds is 8. The number of para-hydroxylation sites is 1. The number of methoxy groups -OCH3 is 1. The fraction of sp³-hybridized carbons (Fsp3) is 0.208. The molecule has 9 heteroatoms. The molecule has 0 aliphatic carbocycles. The van der Waals surface area contributed by atoms with Gasteiger partial charge in [-0.3, -0.25) is 9.48 Å². The SMILES string of the molecule is COc1cccc(Cn2nc(C)c(NC(=O)c3ccnn3COc3ccccc3Cl)c2C)c1. The van der Waals surface area contributed by atoms with Gasteiger partial charge in [-0.25, -0.2) is 4.68 Å². The van der Waals surface area contributed by atoms with Gasteiger partial charge < -0.3 is 14.8 Å². The molecule has 33 heavy (non-hydrogen) atoms. The molecule has 1 N–H and O–H groups in total. The second kappa shape index (κ2) is 9.79. The van der Waals surface area contributed by atoms with Gasteiger partial charge in [-0.05, 0) is 49.7 Å². The zero-order chi connectivity index (χ0) is 23.4. The predicted octanol–water partition coefficient (Wildman–Crippen LogP) is 4.70. The van der Waals surface area contributed by atoms with Crippen molar-refractivity contribution in [3.8, 4) is 11.5 Å². The van der Waals surface area contributed by atoms with Gasteiger partial charge in [0.05, 0.1) is 35.8 Å². The molecule has 0 bridgehead atoms. The average Bonchev–Trinajstić information content (AvgIpc) is 3.39. The van der Waals surface area contributed by atoms with Gasteiger partial charge in [-0.2, -0.15) is 10.2 Å². The number of carbonyl (C=O) groups is 1. The van der Waals surface area contributed by atoms with E-state index in [1.807, 2.05) is 54.9 Å². The number of anilines is 1. The lowest BCUT2D eigenvalue weighted by Crippen LogP contribution is -2.20. The molecule has 2 aromatic carbocycles. The fourth-order valence-electron chi connectivity index (χ4n) is 3.47. The third-order valence-electron chi connectivity index (χ3n) is 5.21. The summed E-state index contributed by atoms with van der Waals surface area (Å²) in [6.07, 6.45) is 1.55. The van der Waals surface area contributed by atoms with E-state index in [4.69, 9.17) is 21.1 Å². The van der Waals surface area contributed by atoms with E-state index in [9.17, 15) is 4.79 Å². The van der Waals surface area contributed by atoms with Gasteiger partial charge in [0, 0.05) is 6.20 Å². The average molecular weight is 466 g/mol. The van der Waals surface area contributed by atoms with Crippen molar-refractivity contribution in [2.45, 2.75) is 27.1 Å². The molecule has 8 nitrogen and oxygen atoms in total. The van der Waals surface area contributed by atoms with E-state index in [1.165, 1.54) is 4.68 Å². The molecule has 4 rings (SSSR count). The molecule has 0 spiro atoms. The summed E-state index contributed by atoms with van der Waals surface area (Å²) in [5.74, 6) is 1.00. The van der Waals surface area contributed by atoms with Gasteiger partial charge in [-0.1, -0.05) is 35.9 Å². The molecule has 2 aromatic heterocycles. The van der Waals surface area contributed by atoms with Crippen LogP contribution < -0.4 is 14.8 Å². The summed E-state index contributed by atoms with van der Waals surface area (Å²) in [4.78, 5) is 13.0. The Bertz CT molecular complexity index is 1280. The van der Waals surface area contributed by atoms with Crippen molar-refractivity contribution in [2.75, 3.05) is 12.4 Å². The number of nitrogens with one attached hydrogen (secondary N) is 1. The number of aromatic nitrogens is 4. The van der Waals surface area contributed by atoms with Crippen molar-refractivity contribution < 1.29 is 14.3 Å². The van der Waals surface area contributed by atoms with E-state index in [-0.39, 0.29) is 12.6 Å². The molecule has 0 saturated carbocycles. The van der Waals surface area contributed by atoms with E-state index in [1.54, 1.807) is 31.5 Å². The molecule has 0 atom stereocenters. The summed E-state index contributed by atoms with van der Waals surface area (Å²) in [6.45, 7) is 4.39. The summed E-state index contributed by atoms with van der Waals surface area (Å²) in [6, 6.07) is 16.6. The van der Waals surface area contributed by atoms with Crippen LogP contribution in [-0.4, -0.2) is 32.6 Å². The highest BCUT2D eigenvalue weighted by molar-refractivity contribution is 6.32. The largest absolute Gasteiger partial charge is 0.497 e. The van der Waals surface area contributed by atoms with Gasteiger partial charge >= 0.3 is 0 Å². The van der Waals surface area contributed by atoms with Crippen LogP contribution in [0.3, 0.4) is 0 Å². The van der Waals surface area contributed by atoms with Crippen LogP contribution in [-0.2, 0) is 13.3 Å². The first-order valence-electron chi connectivity index (χ1n) is 10.3. The second-order valence-electron chi connectivity index (χ2n) is 7.43. The van der Waals surface area contributed by atoms with E-state index < -0.39 is 0 Å². The van der Waals surface area contributed by atoms with Crippen molar-refractivity contribution in [3.63, 3.8) is 0 Å². The second-order valence-corrected chi connectivity index (χ2v) is 7.84. The van der Waals surface area contributed by atoms with E-state index in [0.29, 0.717) is 28.7 Å². The van der Waals surface area contributed by atoms with E-state index in [2.05, 4.69) is 15.5 Å². The van der Waals surface area contributed by atoms with Crippen molar-refractivity contribution in [1.82, 2.24) is 19.6 Å². The number of hydrogen-bond donors (Lipinski definition) is 1. The first-order chi connectivity index (χ1) is 16.0. The Kier molecular flexibility index (Phi) is 6.65. The van der Waals surface area contributed by atoms with Gasteiger partial charge in [0.2, 0.25) is 0 Å². The Balaban J connectivity index is 1.48. The number of aryl methyl sites for hydroxylation is 1. The van der Waals surface area contributed by atoms with Crippen molar-refractivity contribution >= 4 is 23.2 Å². The first kappa shape index (κ1) is 22.4. The first-order valence-corrected chi connectivity index (χ1v) is 10.7. The van der Waals surface area contributed by atoms with Crippen LogP contribution in [0.2, 0.25) is 5.02 Å². The van der Waals surface area contributed by atoms with Crippen LogP contribution in [0.5, 0.6) is 11.5 Å². The summed E-state index contributed by atoms with van der Waals surface area (Å²) < 4.78 is 14.4. The minimum Gasteiger partial charge on any atom is -0.497 e. The molecular weight excluding hydrogens is 442 g/mol. The molecule has 0 fully saturated rings. The molecule has 170 valence electrons. The Hall–Kier alpha value is -3.78. The molecule has 0 saturated heterocycles. The monoisotopic (exact) mass is 465 g/mol. The summed E-state index contributed by atoms with van der Waals surface area (Å²) in [7, 11) is 1.64. The number of amides is 1. The maximum absolute atomic E-state index is 13.0. The molecule has 0 aliphatic rings. The van der Waals surface area contributed by atoms with Crippen LogP contribution in [0, 0.1) is 13.8 Å². The third-order valence-corrected chi connectivity index (χ3v) is 5.53. The fourth-order valence-corrected chi connectivity index (χ4v) is 3.66. The maximum Gasteiger partial charge on any atom is 0.274 e. The van der Waals surface area contributed by atoms with E-state index in [0.717, 1.165) is 22.7 Å². The van der Waals surface area contributed by atoms with Crippen LogP contribution >= 0.6 is 11.6 Å². The van der Waals surface area contributed by atoms with Crippen LogP contribution in [0.25, 0.3) is 0 Å². The van der Waals surface area contributed by atoms with E-state index >= 15 is 0 Å². The lowest BCUT2D eigenvalue weighted by molar-refractivity contribution is 0.100. The van der Waals surface area contributed by atoms with Crippen LogP contribution in [0.1, 0.15) is 27.4 Å². The number of nitrogens with zero attached hydrogens (tertiary/aromatic N) is 4. The predicted molar refractivity (Wildman–Crippen MR) is 126 cm³/mol. The zero-order valence-electron chi connectivity index (χ0n) is 18.6. The molecule has 2 heterocycles. The maximum atomic E-state index is 13.0. The lowest BCUT2D eigenvalue weighted by atomic mass is 10.2. The minimum atomic E-state index is -0.303. The number of benzene rings is 2. The van der Waals surface area contributed by atoms with Crippen molar-refractivity contribution in [3.05, 3.63) is 88.5 Å². The topological polar surface area (TPSA) is 83.2 Å². The number of halogens is 1. The van der Waals surface area contributed by atoms with Gasteiger partial charge in [-0.15, -0.1) is 0 Å². The standard InChI is InChI=1S/C24H24ClN5O3/c1-16-23(17(2)29(28-16)14-18-7-6-8-19(13-18)32-3)27-24(31)21-11-12-26-30(21)15-33-22-10-5-4-9-20(22)25/h4-13H,14-15H2,1-3H3,(H,27,31). The number of hydrogen-bond acceptors (Lipinski definition) is 5. The van der Waals surface area contributed by atoms with Gasteiger partial charge in [0.25, 0.3) is 5.91 Å². The molecule has 4 aromatic rings. The Labute approximate surface area is 196 Å². The number of carbonyl (C=O) groups excluding carboxylic acids is 1.